The van der Waals surface area contributed by atoms with Crippen LogP contribution in [-0.4, -0.2) is 70.7 Å². The molecule has 7 nitrogen and oxygen atoms in total. The second-order valence-corrected chi connectivity index (χ2v) is 5.82. The molecule has 7 heteroatoms. The zero-order valence-electron chi connectivity index (χ0n) is 13.8. The van der Waals surface area contributed by atoms with Gasteiger partial charge < -0.3 is 33.2 Å². The molecule has 0 aliphatic carbocycles. The predicted octanol–water partition coefficient (Wildman–Crippen LogP) is 1.30. The van der Waals surface area contributed by atoms with Crippen molar-refractivity contribution in [1.29, 1.82) is 0 Å². The maximum absolute atomic E-state index is 5.58. The maximum Gasteiger partial charge on any atom is 0.189 e. The van der Waals surface area contributed by atoms with Crippen molar-refractivity contribution in [3.05, 3.63) is 0 Å². The molecule has 2 aliphatic heterocycles. The quantitative estimate of drug-likeness (QED) is 0.444. The van der Waals surface area contributed by atoms with Crippen molar-refractivity contribution in [1.82, 2.24) is 0 Å². The van der Waals surface area contributed by atoms with Crippen molar-refractivity contribution in [2.24, 2.45) is 0 Å². The van der Waals surface area contributed by atoms with Crippen molar-refractivity contribution < 1.29 is 33.2 Å². The summed E-state index contributed by atoms with van der Waals surface area (Å²) < 4.78 is 38.5. The van der Waals surface area contributed by atoms with E-state index in [2.05, 4.69) is 0 Å². The number of hydrogen-bond acceptors (Lipinski definition) is 7. The molecule has 0 amide bonds. The van der Waals surface area contributed by atoms with Crippen LogP contribution in [0.5, 0.6) is 0 Å². The predicted molar refractivity (Wildman–Crippen MR) is 77.4 cm³/mol. The summed E-state index contributed by atoms with van der Waals surface area (Å²) in [6, 6.07) is 0. The van der Waals surface area contributed by atoms with E-state index in [-0.39, 0.29) is 6.29 Å². The lowest BCUT2D eigenvalue weighted by molar-refractivity contribution is -0.225. The topological polar surface area (TPSA) is 64.6 Å². The van der Waals surface area contributed by atoms with Gasteiger partial charge in [0.25, 0.3) is 0 Å². The first kappa shape index (κ1) is 18.1. The highest BCUT2D eigenvalue weighted by molar-refractivity contribution is 4.67. The summed E-state index contributed by atoms with van der Waals surface area (Å²) in [6.07, 6.45) is 0.484. The molecule has 1 atom stereocenters. The third kappa shape index (κ3) is 6.08. The van der Waals surface area contributed by atoms with Crippen LogP contribution in [0.4, 0.5) is 0 Å². The Kier molecular flexibility index (Phi) is 7.01. The van der Waals surface area contributed by atoms with Gasteiger partial charge in [-0.25, -0.2) is 0 Å². The largest absolute Gasteiger partial charge is 0.376 e. The second-order valence-electron chi connectivity index (χ2n) is 5.82. The molecule has 0 N–H and O–H groups in total. The first-order chi connectivity index (χ1) is 10.5. The Balaban J connectivity index is 1.44. The van der Waals surface area contributed by atoms with Crippen LogP contribution in [0.2, 0.25) is 0 Å². The molecule has 0 aromatic carbocycles. The zero-order valence-corrected chi connectivity index (χ0v) is 13.8. The average molecular weight is 320 g/mol. The fraction of sp³-hybridized carbons (Fsp3) is 1.00. The van der Waals surface area contributed by atoms with Crippen LogP contribution in [0.3, 0.4) is 0 Å². The highest BCUT2D eigenvalue weighted by Crippen LogP contribution is 2.20. The zero-order chi connectivity index (χ0) is 15.9. The fourth-order valence-corrected chi connectivity index (χ4v) is 2.26. The summed E-state index contributed by atoms with van der Waals surface area (Å²) in [5.74, 6) is -1.23. The lowest BCUT2D eigenvalue weighted by Gasteiger charge is -2.24. The molecular weight excluding hydrogens is 292 g/mol. The van der Waals surface area contributed by atoms with E-state index in [1.54, 1.807) is 0 Å². The molecule has 0 radical (unpaired) electrons. The molecule has 0 aromatic rings. The summed E-state index contributed by atoms with van der Waals surface area (Å²) >= 11 is 0. The van der Waals surface area contributed by atoms with Crippen LogP contribution >= 0.6 is 0 Å². The van der Waals surface area contributed by atoms with Crippen molar-refractivity contribution in [3.8, 4) is 0 Å². The van der Waals surface area contributed by atoms with Gasteiger partial charge in [0.05, 0.1) is 33.0 Å². The van der Waals surface area contributed by atoms with Crippen molar-refractivity contribution in [2.45, 2.75) is 45.1 Å². The Morgan fingerprint density at radius 3 is 1.95 bits per heavy atom. The molecule has 2 rings (SSSR count). The highest BCUT2D eigenvalue weighted by atomic mass is 16.8. The Bertz CT molecular complexity index is 311. The Morgan fingerprint density at radius 2 is 1.36 bits per heavy atom. The molecule has 2 aliphatic rings. The third-order valence-electron chi connectivity index (χ3n) is 3.53. The van der Waals surface area contributed by atoms with Gasteiger partial charge in [-0.05, 0) is 27.2 Å². The standard InChI is InChI=1S/C15H28O7/c1-13(18-12-15(3)21-9-10-22-15)17-6-4-5-16-11-14(2)19-7-8-20-14/h13H,4-12H2,1-3H3. The van der Waals surface area contributed by atoms with Crippen LogP contribution in [0.1, 0.15) is 27.2 Å². The monoisotopic (exact) mass is 320 g/mol. The molecule has 2 heterocycles. The minimum Gasteiger partial charge on any atom is -0.376 e. The lowest BCUT2D eigenvalue weighted by Crippen LogP contribution is -2.34. The van der Waals surface area contributed by atoms with Gasteiger partial charge >= 0.3 is 0 Å². The first-order valence-corrected chi connectivity index (χ1v) is 7.88. The lowest BCUT2D eigenvalue weighted by atomic mass is 10.3. The van der Waals surface area contributed by atoms with Crippen molar-refractivity contribution >= 4 is 0 Å². The summed E-state index contributed by atoms with van der Waals surface area (Å²) in [6.45, 7) is 10.1. The molecule has 0 aromatic heterocycles. The third-order valence-corrected chi connectivity index (χ3v) is 3.53. The summed E-state index contributed by atoms with van der Waals surface area (Å²) in [5.41, 5.74) is 0. The van der Waals surface area contributed by atoms with E-state index < -0.39 is 11.6 Å². The first-order valence-electron chi connectivity index (χ1n) is 7.88. The Hall–Kier alpha value is -0.280. The summed E-state index contributed by atoms with van der Waals surface area (Å²) in [5, 5.41) is 0. The minimum atomic E-state index is -0.641. The van der Waals surface area contributed by atoms with Crippen LogP contribution < -0.4 is 0 Å². The molecule has 0 spiro atoms. The highest BCUT2D eigenvalue weighted by Gasteiger charge is 2.32. The van der Waals surface area contributed by atoms with E-state index in [9.17, 15) is 0 Å². The van der Waals surface area contributed by atoms with E-state index in [0.29, 0.717) is 52.9 Å². The minimum absolute atomic E-state index is 0.302. The van der Waals surface area contributed by atoms with Gasteiger partial charge in [0.1, 0.15) is 13.2 Å². The van der Waals surface area contributed by atoms with E-state index in [0.717, 1.165) is 6.42 Å². The molecule has 0 saturated carbocycles. The molecule has 22 heavy (non-hydrogen) atoms. The van der Waals surface area contributed by atoms with Crippen LogP contribution in [0, 0.1) is 0 Å². The van der Waals surface area contributed by atoms with E-state index >= 15 is 0 Å². The van der Waals surface area contributed by atoms with E-state index in [1.165, 1.54) is 0 Å². The molecule has 0 bridgehead atoms. The van der Waals surface area contributed by atoms with Gasteiger partial charge in [0, 0.05) is 6.61 Å². The van der Waals surface area contributed by atoms with Gasteiger partial charge in [0.15, 0.2) is 17.9 Å². The fourth-order valence-electron chi connectivity index (χ4n) is 2.26. The number of rotatable bonds is 10. The Labute approximate surface area is 132 Å². The van der Waals surface area contributed by atoms with E-state index in [1.807, 2.05) is 20.8 Å². The Morgan fingerprint density at radius 1 is 0.818 bits per heavy atom. The van der Waals surface area contributed by atoms with Crippen LogP contribution in [0.15, 0.2) is 0 Å². The van der Waals surface area contributed by atoms with Gasteiger partial charge in [-0.2, -0.15) is 0 Å². The van der Waals surface area contributed by atoms with E-state index in [4.69, 9.17) is 33.2 Å². The molecule has 2 saturated heterocycles. The van der Waals surface area contributed by atoms with Crippen LogP contribution in [0.25, 0.3) is 0 Å². The van der Waals surface area contributed by atoms with Crippen molar-refractivity contribution in [3.63, 3.8) is 0 Å². The number of hydrogen-bond donors (Lipinski definition) is 0. The van der Waals surface area contributed by atoms with Gasteiger partial charge in [-0.15, -0.1) is 0 Å². The number of ether oxygens (including phenoxy) is 7. The second kappa shape index (κ2) is 8.54. The summed E-state index contributed by atoms with van der Waals surface area (Å²) in [7, 11) is 0. The maximum atomic E-state index is 5.58. The van der Waals surface area contributed by atoms with Gasteiger partial charge in [-0.1, -0.05) is 0 Å². The van der Waals surface area contributed by atoms with Crippen molar-refractivity contribution in [2.75, 3.05) is 52.9 Å². The smallest absolute Gasteiger partial charge is 0.189 e. The molecule has 2 fully saturated rings. The van der Waals surface area contributed by atoms with Gasteiger partial charge in [-0.3, -0.25) is 0 Å². The van der Waals surface area contributed by atoms with Gasteiger partial charge in [0.2, 0.25) is 0 Å². The average Bonchev–Trinajstić information content (AvgIpc) is 3.11. The molecule has 1 unspecified atom stereocenters. The van der Waals surface area contributed by atoms with Crippen LogP contribution in [-0.2, 0) is 33.2 Å². The molecule has 130 valence electrons. The summed E-state index contributed by atoms with van der Waals surface area (Å²) in [4.78, 5) is 0. The SMILES string of the molecule is CC(OCCCOCC1(C)OCCO1)OCC1(C)OCCO1. The molecular formula is C15H28O7. The normalized spacial score (nSPS) is 24.7.